The molecule has 1 aliphatic heterocycles. The van der Waals surface area contributed by atoms with Gasteiger partial charge in [0.2, 0.25) is 10.0 Å². The molecule has 2 atom stereocenters. The predicted octanol–water partition coefficient (Wildman–Crippen LogP) is 1.06. The zero-order chi connectivity index (χ0) is 13.1. The van der Waals surface area contributed by atoms with Gasteiger partial charge in [0, 0.05) is 19.0 Å². The van der Waals surface area contributed by atoms with E-state index >= 15 is 0 Å². The van der Waals surface area contributed by atoms with E-state index in [1.54, 1.807) is 6.07 Å². The van der Waals surface area contributed by atoms with Crippen LogP contribution in [0.1, 0.15) is 39.5 Å². The number of Topliss-reactive ketones (excluding diaryl/α,β-unsaturated/α-hetero) is 1. The van der Waals surface area contributed by atoms with Gasteiger partial charge in [0.1, 0.15) is 5.78 Å². The number of carbonyl (C=O) groups is 1. The van der Waals surface area contributed by atoms with Crippen molar-refractivity contribution in [2.24, 2.45) is 0 Å². The molecule has 1 rings (SSSR count). The van der Waals surface area contributed by atoms with Crippen LogP contribution in [0.25, 0.3) is 0 Å². The molecular formula is C11H18N2O3S. The molecule has 0 bridgehead atoms. The molecule has 0 spiro atoms. The summed E-state index contributed by atoms with van der Waals surface area (Å²) in [5.74, 6) is -0.0123. The molecule has 6 heteroatoms. The van der Waals surface area contributed by atoms with Crippen LogP contribution in [0, 0.1) is 11.3 Å². The minimum absolute atomic E-state index is 0.0123. The predicted molar refractivity (Wildman–Crippen MR) is 63.6 cm³/mol. The van der Waals surface area contributed by atoms with Crippen molar-refractivity contribution in [2.45, 2.75) is 50.8 Å². The minimum atomic E-state index is -3.59. The SMILES string of the molecule is CC(=O)CC1CCCCN1S(=O)(=O)C(C)C#N. The summed E-state index contributed by atoms with van der Waals surface area (Å²) in [6, 6.07) is 1.50. The second kappa shape index (κ2) is 5.61. The lowest BCUT2D eigenvalue weighted by Gasteiger charge is -2.34. The highest BCUT2D eigenvalue weighted by Crippen LogP contribution is 2.25. The van der Waals surface area contributed by atoms with Crippen LogP contribution in [0.2, 0.25) is 0 Å². The quantitative estimate of drug-likeness (QED) is 0.755. The summed E-state index contributed by atoms with van der Waals surface area (Å²) in [4.78, 5) is 11.1. The average Bonchev–Trinajstić information content (AvgIpc) is 2.27. The second-order valence-corrected chi connectivity index (χ2v) is 6.69. The van der Waals surface area contributed by atoms with Gasteiger partial charge in [0.15, 0.2) is 5.25 Å². The Balaban J connectivity index is 2.92. The molecule has 0 amide bonds. The molecular weight excluding hydrogens is 240 g/mol. The molecule has 1 fully saturated rings. The lowest BCUT2D eigenvalue weighted by molar-refractivity contribution is -0.118. The molecule has 0 aromatic carbocycles. The van der Waals surface area contributed by atoms with E-state index in [0.29, 0.717) is 13.0 Å². The molecule has 1 aliphatic rings. The Hall–Kier alpha value is -0.930. The largest absolute Gasteiger partial charge is 0.300 e. The Kier molecular flexibility index (Phi) is 4.66. The van der Waals surface area contributed by atoms with Crippen LogP contribution in [0.15, 0.2) is 0 Å². The summed E-state index contributed by atoms with van der Waals surface area (Å²) in [5.41, 5.74) is 0. The van der Waals surface area contributed by atoms with Gasteiger partial charge in [-0.3, -0.25) is 4.79 Å². The maximum absolute atomic E-state index is 12.1. The van der Waals surface area contributed by atoms with Gasteiger partial charge in [0.05, 0.1) is 6.07 Å². The highest BCUT2D eigenvalue weighted by atomic mass is 32.2. The number of nitriles is 1. The van der Waals surface area contributed by atoms with Gasteiger partial charge in [-0.1, -0.05) is 6.42 Å². The van der Waals surface area contributed by atoms with Crippen LogP contribution < -0.4 is 0 Å². The van der Waals surface area contributed by atoms with Gasteiger partial charge < -0.3 is 0 Å². The fraction of sp³-hybridized carbons (Fsp3) is 0.818. The normalized spacial score (nSPS) is 23.9. The molecule has 0 aromatic heterocycles. The van der Waals surface area contributed by atoms with Gasteiger partial charge in [-0.2, -0.15) is 9.57 Å². The number of carbonyl (C=O) groups excluding carboxylic acids is 1. The number of hydrogen-bond donors (Lipinski definition) is 0. The van der Waals surface area contributed by atoms with Crippen molar-refractivity contribution in [1.29, 1.82) is 5.26 Å². The fourth-order valence-corrected chi connectivity index (χ4v) is 3.63. The highest BCUT2D eigenvalue weighted by molar-refractivity contribution is 7.90. The summed E-state index contributed by atoms with van der Waals surface area (Å²) >= 11 is 0. The third-order valence-electron chi connectivity index (χ3n) is 3.05. The van der Waals surface area contributed by atoms with Crippen molar-refractivity contribution >= 4 is 15.8 Å². The molecule has 17 heavy (non-hydrogen) atoms. The standard InChI is InChI=1S/C11H18N2O3S/c1-9(14)7-11-5-3-4-6-13(11)17(15,16)10(2)8-12/h10-11H,3-7H2,1-2H3. The van der Waals surface area contributed by atoms with Crippen molar-refractivity contribution in [2.75, 3.05) is 6.54 Å². The molecule has 0 aliphatic carbocycles. The zero-order valence-corrected chi connectivity index (χ0v) is 11.0. The molecule has 5 nitrogen and oxygen atoms in total. The molecule has 0 radical (unpaired) electrons. The molecule has 2 unspecified atom stereocenters. The van der Waals surface area contributed by atoms with Crippen LogP contribution >= 0.6 is 0 Å². The summed E-state index contributed by atoms with van der Waals surface area (Å²) < 4.78 is 25.6. The van der Waals surface area contributed by atoms with E-state index in [0.717, 1.165) is 12.8 Å². The summed E-state index contributed by atoms with van der Waals surface area (Å²) in [5, 5.41) is 7.70. The van der Waals surface area contributed by atoms with E-state index in [1.807, 2.05) is 0 Å². The van der Waals surface area contributed by atoms with Crippen LogP contribution in [0.4, 0.5) is 0 Å². The van der Waals surface area contributed by atoms with Crippen LogP contribution in [0.5, 0.6) is 0 Å². The lowest BCUT2D eigenvalue weighted by atomic mass is 10.0. The first-order valence-electron chi connectivity index (χ1n) is 5.79. The van der Waals surface area contributed by atoms with Crippen molar-refractivity contribution in [3.63, 3.8) is 0 Å². The number of hydrogen-bond acceptors (Lipinski definition) is 4. The Bertz CT molecular complexity index is 424. The van der Waals surface area contributed by atoms with Gasteiger partial charge in [0.25, 0.3) is 0 Å². The van der Waals surface area contributed by atoms with Crippen LogP contribution in [0.3, 0.4) is 0 Å². The van der Waals surface area contributed by atoms with Gasteiger partial charge in [-0.05, 0) is 26.7 Å². The molecule has 0 N–H and O–H groups in total. The van der Waals surface area contributed by atoms with Crippen LogP contribution in [-0.2, 0) is 14.8 Å². The first-order valence-corrected chi connectivity index (χ1v) is 7.29. The van der Waals surface area contributed by atoms with E-state index < -0.39 is 15.3 Å². The van der Waals surface area contributed by atoms with Crippen molar-refractivity contribution in [3.05, 3.63) is 0 Å². The number of rotatable bonds is 4. The van der Waals surface area contributed by atoms with E-state index in [1.165, 1.54) is 18.2 Å². The Morgan fingerprint density at radius 1 is 1.53 bits per heavy atom. The fourth-order valence-electron chi connectivity index (χ4n) is 2.11. The molecule has 1 saturated heterocycles. The molecule has 1 heterocycles. The Morgan fingerprint density at radius 2 is 2.18 bits per heavy atom. The van der Waals surface area contributed by atoms with Gasteiger partial charge >= 0.3 is 0 Å². The van der Waals surface area contributed by atoms with E-state index in [-0.39, 0.29) is 18.2 Å². The Labute approximate surface area is 102 Å². The molecule has 96 valence electrons. The summed E-state index contributed by atoms with van der Waals surface area (Å²) in [6.45, 7) is 3.27. The average molecular weight is 258 g/mol. The van der Waals surface area contributed by atoms with E-state index in [9.17, 15) is 13.2 Å². The number of sulfonamides is 1. The topological polar surface area (TPSA) is 78.2 Å². The van der Waals surface area contributed by atoms with E-state index in [4.69, 9.17) is 5.26 Å². The first-order chi connectivity index (χ1) is 7.89. The molecule has 0 saturated carbocycles. The maximum Gasteiger partial charge on any atom is 0.230 e. The highest BCUT2D eigenvalue weighted by Gasteiger charge is 2.36. The zero-order valence-electron chi connectivity index (χ0n) is 10.2. The number of ketones is 1. The summed E-state index contributed by atoms with van der Waals surface area (Å²) in [6.07, 6.45) is 2.69. The van der Waals surface area contributed by atoms with Crippen molar-refractivity contribution < 1.29 is 13.2 Å². The van der Waals surface area contributed by atoms with Crippen molar-refractivity contribution in [3.8, 4) is 6.07 Å². The lowest BCUT2D eigenvalue weighted by Crippen LogP contribution is -2.47. The number of nitrogens with zero attached hydrogens (tertiary/aromatic N) is 2. The summed E-state index contributed by atoms with van der Waals surface area (Å²) in [7, 11) is -3.59. The van der Waals surface area contributed by atoms with E-state index in [2.05, 4.69) is 0 Å². The van der Waals surface area contributed by atoms with Gasteiger partial charge in [-0.25, -0.2) is 8.42 Å². The third kappa shape index (κ3) is 3.27. The minimum Gasteiger partial charge on any atom is -0.300 e. The monoisotopic (exact) mass is 258 g/mol. The third-order valence-corrected chi connectivity index (χ3v) is 5.19. The maximum atomic E-state index is 12.1. The van der Waals surface area contributed by atoms with Gasteiger partial charge in [-0.15, -0.1) is 0 Å². The smallest absolute Gasteiger partial charge is 0.230 e. The number of piperidine rings is 1. The first kappa shape index (κ1) is 14.1. The second-order valence-electron chi connectivity index (χ2n) is 4.48. The molecule has 0 aromatic rings. The Morgan fingerprint density at radius 3 is 2.71 bits per heavy atom. The van der Waals surface area contributed by atoms with Crippen molar-refractivity contribution in [1.82, 2.24) is 4.31 Å². The van der Waals surface area contributed by atoms with Crippen LogP contribution in [-0.4, -0.2) is 36.3 Å².